The number of amides is 1. The number of aromatic nitrogens is 1. The number of carbonyl (C=O) groups is 1. The highest BCUT2D eigenvalue weighted by Gasteiger charge is 2.25. The van der Waals surface area contributed by atoms with Crippen molar-refractivity contribution in [3.63, 3.8) is 0 Å². The van der Waals surface area contributed by atoms with E-state index in [-0.39, 0.29) is 19.2 Å². The molecule has 4 aromatic rings. The molecule has 0 saturated heterocycles. The Morgan fingerprint density at radius 1 is 1.17 bits per heavy atom. The SMILES string of the molecule is COc1ccc2nc(N(Cc3ccco3)C(=O)c3ccc4c(c3)OCO4)sc2c1. The van der Waals surface area contributed by atoms with E-state index >= 15 is 0 Å². The van der Waals surface area contributed by atoms with Crippen LogP contribution in [0.1, 0.15) is 16.1 Å². The van der Waals surface area contributed by atoms with Gasteiger partial charge in [-0.1, -0.05) is 11.3 Å². The molecule has 0 fully saturated rings. The second-order valence-electron chi connectivity index (χ2n) is 6.37. The van der Waals surface area contributed by atoms with Gasteiger partial charge in [0.1, 0.15) is 11.5 Å². The summed E-state index contributed by atoms with van der Waals surface area (Å²) in [6.45, 7) is 0.417. The van der Waals surface area contributed by atoms with E-state index in [1.807, 2.05) is 24.3 Å². The van der Waals surface area contributed by atoms with Crippen LogP contribution in [0.4, 0.5) is 5.13 Å². The molecule has 0 bridgehead atoms. The second kappa shape index (κ2) is 7.14. The Balaban J connectivity index is 1.55. The van der Waals surface area contributed by atoms with Crippen LogP contribution in [-0.4, -0.2) is 24.8 Å². The Kier molecular flexibility index (Phi) is 4.33. The van der Waals surface area contributed by atoms with Gasteiger partial charge in [0, 0.05) is 5.56 Å². The predicted molar refractivity (Wildman–Crippen MR) is 108 cm³/mol. The van der Waals surface area contributed by atoms with Crippen molar-refractivity contribution in [2.45, 2.75) is 6.54 Å². The summed E-state index contributed by atoms with van der Waals surface area (Å²) in [6.07, 6.45) is 1.59. The van der Waals surface area contributed by atoms with Crippen LogP contribution in [0.25, 0.3) is 10.2 Å². The maximum Gasteiger partial charge on any atom is 0.260 e. The Hall–Kier alpha value is -3.52. The van der Waals surface area contributed by atoms with Gasteiger partial charge in [-0.15, -0.1) is 0 Å². The molecule has 0 aliphatic carbocycles. The highest BCUT2D eigenvalue weighted by atomic mass is 32.1. The minimum Gasteiger partial charge on any atom is -0.497 e. The van der Waals surface area contributed by atoms with Gasteiger partial charge in [-0.3, -0.25) is 9.69 Å². The first-order chi connectivity index (χ1) is 14.2. The normalized spacial score (nSPS) is 12.3. The number of rotatable bonds is 5. The van der Waals surface area contributed by atoms with E-state index in [0.29, 0.717) is 28.0 Å². The first-order valence-corrected chi connectivity index (χ1v) is 9.71. The van der Waals surface area contributed by atoms with Gasteiger partial charge in [0.2, 0.25) is 6.79 Å². The molecule has 0 spiro atoms. The summed E-state index contributed by atoms with van der Waals surface area (Å²) in [5.74, 6) is 2.39. The third-order valence-electron chi connectivity index (χ3n) is 4.57. The van der Waals surface area contributed by atoms with Crippen molar-refractivity contribution in [3.05, 3.63) is 66.1 Å². The molecule has 1 aliphatic rings. The predicted octanol–water partition coefficient (Wildman–Crippen LogP) is 4.47. The lowest BCUT2D eigenvalue weighted by atomic mass is 10.1. The molecule has 29 heavy (non-hydrogen) atoms. The van der Waals surface area contributed by atoms with Gasteiger partial charge < -0.3 is 18.6 Å². The summed E-state index contributed by atoms with van der Waals surface area (Å²) in [5, 5.41) is 0.576. The van der Waals surface area contributed by atoms with Crippen molar-refractivity contribution in [2.24, 2.45) is 0 Å². The van der Waals surface area contributed by atoms with Crippen molar-refractivity contribution in [1.82, 2.24) is 4.98 Å². The average molecular weight is 408 g/mol. The summed E-state index contributed by atoms with van der Waals surface area (Å²) in [5.41, 5.74) is 1.28. The smallest absolute Gasteiger partial charge is 0.260 e. The van der Waals surface area contributed by atoms with Gasteiger partial charge in [-0.05, 0) is 48.5 Å². The number of methoxy groups -OCH3 is 1. The van der Waals surface area contributed by atoms with E-state index in [4.69, 9.17) is 18.6 Å². The van der Waals surface area contributed by atoms with Crippen molar-refractivity contribution < 1.29 is 23.4 Å². The van der Waals surface area contributed by atoms with Gasteiger partial charge >= 0.3 is 0 Å². The Labute approximate surface area is 170 Å². The topological polar surface area (TPSA) is 74.0 Å². The number of nitrogens with zero attached hydrogens (tertiary/aromatic N) is 2. The minimum atomic E-state index is -0.203. The molecular formula is C21H16N2O5S. The van der Waals surface area contributed by atoms with Crippen LogP contribution in [0.5, 0.6) is 17.2 Å². The summed E-state index contributed by atoms with van der Waals surface area (Å²) >= 11 is 1.42. The lowest BCUT2D eigenvalue weighted by Gasteiger charge is -2.19. The Morgan fingerprint density at radius 3 is 2.90 bits per heavy atom. The van der Waals surface area contributed by atoms with E-state index in [2.05, 4.69) is 4.98 Å². The first-order valence-electron chi connectivity index (χ1n) is 8.90. The summed E-state index contributed by atoms with van der Waals surface area (Å²) < 4.78 is 22.5. The number of hydrogen-bond acceptors (Lipinski definition) is 7. The van der Waals surface area contributed by atoms with E-state index in [1.165, 1.54) is 11.3 Å². The zero-order valence-corrected chi connectivity index (χ0v) is 16.3. The standard InChI is InChI=1S/C21H16N2O5S/c1-25-14-5-6-16-19(10-14)29-21(22-16)23(11-15-3-2-8-26-15)20(24)13-4-7-17-18(9-13)28-12-27-17/h2-10H,11-12H2,1H3. The fraction of sp³-hybridized carbons (Fsp3) is 0.143. The molecule has 5 rings (SSSR count). The van der Waals surface area contributed by atoms with Crippen LogP contribution in [0.2, 0.25) is 0 Å². The molecule has 2 aromatic heterocycles. The van der Waals surface area contributed by atoms with Gasteiger partial charge in [0.15, 0.2) is 16.6 Å². The Bertz CT molecular complexity index is 1190. The molecule has 0 radical (unpaired) electrons. The van der Waals surface area contributed by atoms with Crippen LogP contribution in [0, 0.1) is 0 Å². The number of furan rings is 1. The molecule has 7 nitrogen and oxygen atoms in total. The van der Waals surface area contributed by atoms with Crippen LogP contribution in [-0.2, 0) is 6.54 Å². The van der Waals surface area contributed by atoms with Crippen LogP contribution < -0.4 is 19.1 Å². The average Bonchev–Trinajstić information content (AvgIpc) is 3.50. The van der Waals surface area contributed by atoms with E-state index in [0.717, 1.165) is 16.0 Å². The molecule has 8 heteroatoms. The maximum absolute atomic E-state index is 13.4. The maximum atomic E-state index is 13.4. The third kappa shape index (κ3) is 3.27. The molecule has 0 N–H and O–H groups in total. The number of fused-ring (bicyclic) bond motifs is 2. The molecule has 3 heterocycles. The lowest BCUT2D eigenvalue weighted by Crippen LogP contribution is -2.30. The van der Waals surface area contributed by atoms with E-state index < -0.39 is 0 Å². The highest BCUT2D eigenvalue weighted by Crippen LogP contribution is 2.35. The van der Waals surface area contributed by atoms with Crippen LogP contribution >= 0.6 is 11.3 Å². The minimum absolute atomic E-state index is 0.156. The monoisotopic (exact) mass is 408 g/mol. The van der Waals surface area contributed by atoms with Gasteiger partial charge in [0.25, 0.3) is 5.91 Å². The first kappa shape index (κ1) is 17.6. The van der Waals surface area contributed by atoms with Gasteiger partial charge in [0.05, 0.1) is 30.1 Å². The zero-order chi connectivity index (χ0) is 19.8. The molecule has 1 aliphatic heterocycles. The van der Waals surface area contributed by atoms with Gasteiger partial charge in [-0.2, -0.15) is 0 Å². The van der Waals surface area contributed by atoms with E-state index in [1.54, 1.807) is 42.5 Å². The fourth-order valence-corrected chi connectivity index (χ4v) is 4.10. The quantitative estimate of drug-likeness (QED) is 0.485. The molecule has 0 unspecified atom stereocenters. The highest BCUT2D eigenvalue weighted by molar-refractivity contribution is 7.22. The molecular weight excluding hydrogens is 392 g/mol. The van der Waals surface area contributed by atoms with Crippen molar-refractivity contribution in [1.29, 1.82) is 0 Å². The second-order valence-corrected chi connectivity index (χ2v) is 7.38. The van der Waals surface area contributed by atoms with Gasteiger partial charge in [-0.25, -0.2) is 4.98 Å². The van der Waals surface area contributed by atoms with Crippen LogP contribution in [0.3, 0.4) is 0 Å². The largest absolute Gasteiger partial charge is 0.497 e. The number of carbonyl (C=O) groups excluding carboxylic acids is 1. The van der Waals surface area contributed by atoms with Crippen molar-refractivity contribution in [2.75, 3.05) is 18.8 Å². The van der Waals surface area contributed by atoms with E-state index in [9.17, 15) is 4.79 Å². The van der Waals surface area contributed by atoms with Crippen molar-refractivity contribution >= 4 is 32.6 Å². The number of ether oxygens (including phenoxy) is 3. The molecule has 146 valence electrons. The summed E-state index contributed by atoms with van der Waals surface area (Å²) in [7, 11) is 1.62. The number of thiazole rings is 1. The molecule has 2 aromatic carbocycles. The van der Waals surface area contributed by atoms with Crippen LogP contribution in [0.15, 0.2) is 59.2 Å². The molecule has 0 saturated carbocycles. The molecule has 0 atom stereocenters. The van der Waals surface area contributed by atoms with Crippen molar-refractivity contribution in [3.8, 4) is 17.2 Å². The Morgan fingerprint density at radius 2 is 2.07 bits per heavy atom. The number of hydrogen-bond donors (Lipinski definition) is 0. The summed E-state index contributed by atoms with van der Waals surface area (Å²) in [4.78, 5) is 19.7. The number of anilines is 1. The third-order valence-corrected chi connectivity index (χ3v) is 5.62. The molecule has 1 amide bonds. The number of benzene rings is 2. The zero-order valence-electron chi connectivity index (χ0n) is 15.5. The summed E-state index contributed by atoms with van der Waals surface area (Å²) in [6, 6.07) is 14.4. The fourth-order valence-electron chi connectivity index (χ4n) is 3.11. The lowest BCUT2D eigenvalue weighted by molar-refractivity contribution is 0.0983.